The van der Waals surface area contributed by atoms with Gasteiger partial charge in [0.2, 0.25) is 0 Å². The highest BCUT2D eigenvalue weighted by atomic mass is 127. The van der Waals surface area contributed by atoms with E-state index in [1.807, 2.05) is 12.1 Å². The lowest BCUT2D eigenvalue weighted by Gasteiger charge is -2.17. The first-order valence-electron chi connectivity index (χ1n) is 5.84. The Hall–Kier alpha value is -0.740. The van der Waals surface area contributed by atoms with Crippen LogP contribution in [0, 0.1) is 10.5 Å². The van der Waals surface area contributed by atoms with E-state index in [2.05, 4.69) is 72.1 Å². The molecule has 0 heterocycles. The number of benzene rings is 2. The molecule has 1 N–H and O–H groups in total. The average molecular weight is 372 g/mol. The molecule has 0 bridgehead atoms. The van der Waals surface area contributed by atoms with Gasteiger partial charge in [-0.25, -0.2) is 0 Å². The first kappa shape index (κ1) is 13.7. The Morgan fingerprint density at radius 3 is 2.39 bits per heavy atom. The van der Waals surface area contributed by atoms with Crippen molar-refractivity contribution in [3.8, 4) is 0 Å². The quantitative estimate of drug-likeness (QED) is 0.710. The molecule has 1 nitrogen and oxygen atoms in total. The first-order valence-corrected chi connectivity index (χ1v) is 7.30. The minimum Gasteiger partial charge on any atom is -0.377 e. The van der Waals surface area contributed by atoms with Crippen LogP contribution in [-0.2, 0) is 0 Å². The maximum absolute atomic E-state index is 6.22. The summed E-state index contributed by atoms with van der Waals surface area (Å²) in [7, 11) is 0. The smallest absolute Gasteiger partial charge is 0.0648 e. The molecule has 0 amide bonds. The maximum Gasteiger partial charge on any atom is 0.0648 e. The second-order valence-electron chi connectivity index (χ2n) is 4.40. The summed E-state index contributed by atoms with van der Waals surface area (Å²) in [5, 5.41) is 4.20. The van der Waals surface area contributed by atoms with Crippen LogP contribution in [0.3, 0.4) is 0 Å². The van der Waals surface area contributed by atoms with E-state index in [1.54, 1.807) is 0 Å². The number of nitrogens with one attached hydrogen (secondary N) is 1. The van der Waals surface area contributed by atoms with Crippen LogP contribution in [0.5, 0.6) is 0 Å². The highest BCUT2D eigenvalue weighted by molar-refractivity contribution is 14.1. The van der Waals surface area contributed by atoms with Crippen molar-refractivity contribution in [3.63, 3.8) is 0 Å². The fraction of sp³-hybridized carbons (Fsp3) is 0.200. The number of hydrogen-bond donors (Lipinski definition) is 1. The molecule has 2 rings (SSSR count). The molecule has 2 aromatic rings. The predicted octanol–water partition coefficient (Wildman–Crippen LogP) is 5.43. The van der Waals surface area contributed by atoms with Crippen LogP contribution in [0.25, 0.3) is 0 Å². The second kappa shape index (κ2) is 5.93. The minimum atomic E-state index is 0.239. The van der Waals surface area contributed by atoms with Crippen molar-refractivity contribution in [1.82, 2.24) is 0 Å². The van der Waals surface area contributed by atoms with Gasteiger partial charge in [-0.1, -0.05) is 41.4 Å². The van der Waals surface area contributed by atoms with E-state index in [-0.39, 0.29) is 6.04 Å². The van der Waals surface area contributed by atoms with Gasteiger partial charge in [0.25, 0.3) is 0 Å². The highest BCUT2D eigenvalue weighted by Gasteiger charge is 2.07. The van der Waals surface area contributed by atoms with Crippen molar-refractivity contribution in [2.45, 2.75) is 19.9 Å². The van der Waals surface area contributed by atoms with Gasteiger partial charge in [-0.15, -0.1) is 0 Å². The van der Waals surface area contributed by atoms with Crippen molar-refractivity contribution < 1.29 is 0 Å². The lowest BCUT2D eigenvalue weighted by atomic mass is 10.1. The van der Waals surface area contributed by atoms with Crippen molar-refractivity contribution in [1.29, 1.82) is 0 Å². The molecule has 0 aliphatic rings. The van der Waals surface area contributed by atoms with E-state index in [0.717, 1.165) is 14.3 Å². The molecule has 0 aliphatic carbocycles. The summed E-state index contributed by atoms with van der Waals surface area (Å²) < 4.78 is 1.14. The van der Waals surface area contributed by atoms with Gasteiger partial charge < -0.3 is 5.32 Å². The fourth-order valence-corrected chi connectivity index (χ4v) is 2.69. The Morgan fingerprint density at radius 1 is 1.11 bits per heavy atom. The highest BCUT2D eigenvalue weighted by Crippen LogP contribution is 2.27. The predicted molar refractivity (Wildman–Crippen MR) is 87.4 cm³/mol. The van der Waals surface area contributed by atoms with Crippen LogP contribution < -0.4 is 5.32 Å². The van der Waals surface area contributed by atoms with E-state index < -0.39 is 0 Å². The zero-order valence-corrected chi connectivity index (χ0v) is 13.3. The van der Waals surface area contributed by atoms with E-state index in [0.29, 0.717) is 0 Å². The van der Waals surface area contributed by atoms with Crippen LogP contribution in [0.1, 0.15) is 24.1 Å². The minimum absolute atomic E-state index is 0.239. The molecule has 0 aromatic heterocycles. The zero-order valence-electron chi connectivity index (χ0n) is 10.4. The summed E-state index contributed by atoms with van der Waals surface area (Å²) in [6, 6.07) is 14.8. The van der Waals surface area contributed by atoms with E-state index >= 15 is 0 Å². The topological polar surface area (TPSA) is 12.0 Å². The molecule has 0 fully saturated rings. The largest absolute Gasteiger partial charge is 0.377 e. The molecule has 0 saturated heterocycles. The zero-order chi connectivity index (χ0) is 13.1. The van der Waals surface area contributed by atoms with Gasteiger partial charge in [0.15, 0.2) is 0 Å². The molecule has 18 heavy (non-hydrogen) atoms. The van der Waals surface area contributed by atoms with Crippen LogP contribution in [0.2, 0.25) is 5.02 Å². The van der Waals surface area contributed by atoms with Crippen molar-refractivity contribution >= 4 is 39.9 Å². The Bertz CT molecular complexity index is 537. The van der Waals surface area contributed by atoms with Gasteiger partial charge >= 0.3 is 0 Å². The van der Waals surface area contributed by atoms with Gasteiger partial charge in [-0.05, 0) is 60.2 Å². The number of rotatable bonds is 3. The van der Waals surface area contributed by atoms with Crippen molar-refractivity contribution in [3.05, 3.63) is 62.2 Å². The molecule has 94 valence electrons. The normalized spacial score (nSPS) is 12.2. The van der Waals surface area contributed by atoms with E-state index in [1.165, 1.54) is 11.1 Å². The third-order valence-electron chi connectivity index (χ3n) is 2.88. The van der Waals surface area contributed by atoms with E-state index in [9.17, 15) is 0 Å². The first-order chi connectivity index (χ1) is 8.56. The summed E-state index contributed by atoms with van der Waals surface area (Å²) in [6.45, 7) is 4.23. The summed E-state index contributed by atoms with van der Waals surface area (Å²) in [5.41, 5.74) is 3.51. The lowest BCUT2D eigenvalue weighted by Crippen LogP contribution is -2.06. The Kier molecular flexibility index (Phi) is 4.51. The Balaban J connectivity index is 2.15. The van der Waals surface area contributed by atoms with Crippen molar-refractivity contribution in [2.75, 3.05) is 5.32 Å². The Labute approximate surface area is 127 Å². The lowest BCUT2D eigenvalue weighted by molar-refractivity contribution is 0.884. The fourth-order valence-electron chi connectivity index (χ4n) is 1.78. The summed E-state index contributed by atoms with van der Waals surface area (Å²) in [6.07, 6.45) is 0. The second-order valence-corrected chi connectivity index (χ2v) is 6.05. The summed E-state index contributed by atoms with van der Waals surface area (Å²) in [5.74, 6) is 0. The summed E-state index contributed by atoms with van der Waals surface area (Å²) >= 11 is 8.48. The number of aryl methyl sites for hydroxylation is 1. The molecule has 3 heteroatoms. The van der Waals surface area contributed by atoms with Gasteiger partial charge in [-0.3, -0.25) is 0 Å². The third-order valence-corrected chi connectivity index (χ3v) is 3.86. The molecule has 0 saturated carbocycles. The standard InChI is InChI=1S/C15H15ClIN/c1-10-3-5-12(6-4-10)11(2)18-15-8-7-13(17)9-14(15)16/h3-9,11,18H,1-2H3. The SMILES string of the molecule is Cc1ccc(C(C)Nc2ccc(I)cc2Cl)cc1. The van der Waals surface area contributed by atoms with Crippen LogP contribution in [0.15, 0.2) is 42.5 Å². The van der Waals surface area contributed by atoms with Gasteiger partial charge in [0.1, 0.15) is 0 Å². The molecule has 1 unspecified atom stereocenters. The number of hydrogen-bond acceptors (Lipinski definition) is 1. The summed E-state index contributed by atoms with van der Waals surface area (Å²) in [4.78, 5) is 0. The van der Waals surface area contributed by atoms with Crippen LogP contribution in [-0.4, -0.2) is 0 Å². The molecule has 0 radical (unpaired) electrons. The molecular weight excluding hydrogens is 357 g/mol. The van der Waals surface area contributed by atoms with E-state index in [4.69, 9.17) is 11.6 Å². The monoisotopic (exact) mass is 371 g/mol. The molecule has 0 spiro atoms. The molecule has 1 atom stereocenters. The Morgan fingerprint density at radius 2 is 1.78 bits per heavy atom. The number of halogens is 2. The van der Waals surface area contributed by atoms with Crippen molar-refractivity contribution in [2.24, 2.45) is 0 Å². The van der Waals surface area contributed by atoms with Crippen LogP contribution >= 0.6 is 34.2 Å². The van der Waals surface area contributed by atoms with Gasteiger partial charge in [-0.2, -0.15) is 0 Å². The average Bonchev–Trinajstić information content (AvgIpc) is 2.33. The maximum atomic E-state index is 6.22. The van der Waals surface area contributed by atoms with Gasteiger partial charge in [0, 0.05) is 9.61 Å². The van der Waals surface area contributed by atoms with Crippen LogP contribution in [0.4, 0.5) is 5.69 Å². The third kappa shape index (κ3) is 3.39. The molecular formula is C15H15ClIN. The molecule has 0 aliphatic heterocycles. The number of anilines is 1. The van der Waals surface area contributed by atoms with Gasteiger partial charge in [0.05, 0.1) is 10.7 Å². The molecule has 2 aromatic carbocycles.